The number of hydrogen-bond acceptors (Lipinski definition) is 6. The number of amides is 1. The Morgan fingerprint density at radius 3 is 2.48 bits per heavy atom. The second-order valence-electron chi connectivity index (χ2n) is 13.4. The Hall–Kier alpha value is -2.03. The maximum Gasteiger partial charge on any atom is 0.277 e. The van der Waals surface area contributed by atoms with Gasteiger partial charge in [0.05, 0.1) is 38.1 Å². The molecule has 1 unspecified atom stereocenters. The second kappa shape index (κ2) is 9.23. The van der Waals surface area contributed by atoms with Crippen LogP contribution in [0.1, 0.15) is 86.6 Å². The quantitative estimate of drug-likeness (QED) is 0.407. The van der Waals surface area contributed by atoms with Gasteiger partial charge >= 0.3 is 0 Å². The number of benzene rings is 1. The molecule has 7 heteroatoms. The highest BCUT2D eigenvalue weighted by atomic mass is 16.7. The fourth-order valence-corrected chi connectivity index (χ4v) is 9.89. The second-order valence-corrected chi connectivity index (χ2v) is 13.4. The fraction of sp³-hybridized carbons (Fsp3) is 0.667. The van der Waals surface area contributed by atoms with Gasteiger partial charge in [-0.15, -0.1) is 0 Å². The molecule has 1 amide bonds. The van der Waals surface area contributed by atoms with E-state index in [4.69, 9.17) is 19.0 Å². The normalized spacial score (nSPS) is 39.9. The summed E-state index contributed by atoms with van der Waals surface area (Å²) in [6.45, 7) is 8.96. The van der Waals surface area contributed by atoms with Crippen molar-refractivity contribution >= 4 is 5.91 Å². The number of hydroxylamine groups is 2. The Morgan fingerprint density at radius 2 is 1.80 bits per heavy atom. The van der Waals surface area contributed by atoms with E-state index in [9.17, 15) is 9.90 Å². The molecular weight excluding hydrogens is 506 g/mol. The molecule has 6 aliphatic rings. The largest absolute Gasteiger partial charge is 0.385 e. The summed E-state index contributed by atoms with van der Waals surface area (Å²) in [7, 11) is 3.12. The van der Waals surface area contributed by atoms with Gasteiger partial charge in [-0.2, -0.15) is 0 Å². The Labute approximate surface area is 237 Å². The van der Waals surface area contributed by atoms with Crippen molar-refractivity contribution in [2.45, 2.75) is 87.6 Å². The summed E-state index contributed by atoms with van der Waals surface area (Å²) >= 11 is 0. The molecular formula is C33H43NO6. The summed E-state index contributed by atoms with van der Waals surface area (Å²) in [6.07, 6.45) is 7.86. The lowest BCUT2D eigenvalue weighted by Crippen LogP contribution is -2.55. The number of allylic oxidation sites excluding steroid dienone is 1. The predicted molar refractivity (Wildman–Crippen MR) is 149 cm³/mol. The van der Waals surface area contributed by atoms with Crippen LogP contribution in [0.4, 0.5) is 0 Å². The van der Waals surface area contributed by atoms with Gasteiger partial charge in [-0.3, -0.25) is 9.63 Å². The number of nitrogens with zero attached hydrogens (tertiary/aromatic N) is 1. The van der Waals surface area contributed by atoms with Crippen LogP contribution < -0.4 is 0 Å². The molecule has 0 radical (unpaired) electrons. The van der Waals surface area contributed by atoms with Crippen LogP contribution in [0.3, 0.4) is 0 Å². The van der Waals surface area contributed by atoms with Crippen molar-refractivity contribution in [3.05, 3.63) is 58.7 Å². The first-order valence-electron chi connectivity index (χ1n) is 15.1. The highest BCUT2D eigenvalue weighted by Crippen LogP contribution is 2.70. The lowest BCUT2D eigenvalue weighted by molar-refractivity contribution is -0.208. The number of rotatable bonds is 3. The zero-order valence-electron chi connectivity index (χ0n) is 24.2. The molecule has 2 saturated heterocycles. The number of fused-ring (bicyclic) bond motifs is 5. The van der Waals surface area contributed by atoms with Crippen LogP contribution in [-0.4, -0.2) is 67.0 Å². The monoisotopic (exact) mass is 549 g/mol. The average Bonchev–Trinajstić information content (AvgIpc) is 3.65. The molecule has 7 nitrogen and oxygen atoms in total. The van der Waals surface area contributed by atoms with Crippen LogP contribution in [-0.2, 0) is 19.0 Å². The van der Waals surface area contributed by atoms with Gasteiger partial charge in [0, 0.05) is 36.8 Å². The van der Waals surface area contributed by atoms with E-state index in [0.717, 1.165) is 58.0 Å². The van der Waals surface area contributed by atoms with E-state index in [2.05, 4.69) is 25.6 Å². The van der Waals surface area contributed by atoms with E-state index in [1.165, 1.54) is 34.5 Å². The van der Waals surface area contributed by atoms with E-state index >= 15 is 0 Å². The molecule has 6 atom stereocenters. The molecule has 3 saturated carbocycles. The van der Waals surface area contributed by atoms with Gasteiger partial charge in [-0.25, -0.2) is 5.06 Å². The average molecular weight is 550 g/mol. The molecule has 4 aliphatic carbocycles. The number of aliphatic hydroxyl groups is 1. The zero-order chi connectivity index (χ0) is 27.9. The minimum Gasteiger partial charge on any atom is -0.385 e. The summed E-state index contributed by atoms with van der Waals surface area (Å²) < 4.78 is 18.8. The van der Waals surface area contributed by atoms with Crippen molar-refractivity contribution in [1.29, 1.82) is 0 Å². The van der Waals surface area contributed by atoms with Gasteiger partial charge in [0.1, 0.15) is 0 Å². The van der Waals surface area contributed by atoms with Gasteiger partial charge in [0.25, 0.3) is 5.91 Å². The predicted octanol–water partition coefficient (Wildman–Crippen LogP) is 5.30. The van der Waals surface area contributed by atoms with Crippen molar-refractivity contribution in [3.63, 3.8) is 0 Å². The van der Waals surface area contributed by atoms with Crippen molar-refractivity contribution in [2.24, 2.45) is 17.3 Å². The van der Waals surface area contributed by atoms with E-state index in [1.807, 2.05) is 12.1 Å². The van der Waals surface area contributed by atoms with Gasteiger partial charge in [0.2, 0.25) is 0 Å². The van der Waals surface area contributed by atoms with Crippen LogP contribution in [0.15, 0.2) is 47.6 Å². The van der Waals surface area contributed by atoms with Crippen LogP contribution in [0.25, 0.3) is 0 Å². The molecule has 2 spiro atoms. The van der Waals surface area contributed by atoms with Crippen LogP contribution in [0.2, 0.25) is 0 Å². The Balaban J connectivity index is 1.33. The van der Waals surface area contributed by atoms with Gasteiger partial charge in [-0.1, -0.05) is 31.2 Å². The molecule has 1 aromatic rings. The molecule has 0 aromatic heterocycles. The molecule has 2 aliphatic heterocycles. The Kier molecular flexibility index (Phi) is 6.20. The molecule has 216 valence electrons. The van der Waals surface area contributed by atoms with E-state index < -0.39 is 11.4 Å². The fourth-order valence-electron chi connectivity index (χ4n) is 9.89. The first-order valence-corrected chi connectivity index (χ1v) is 15.1. The molecule has 40 heavy (non-hydrogen) atoms. The lowest BCUT2D eigenvalue weighted by Gasteiger charge is -2.58. The zero-order valence-corrected chi connectivity index (χ0v) is 24.2. The molecule has 5 fully saturated rings. The smallest absolute Gasteiger partial charge is 0.277 e. The Morgan fingerprint density at radius 1 is 1.05 bits per heavy atom. The third-order valence-corrected chi connectivity index (χ3v) is 11.8. The molecule has 1 aromatic carbocycles. The molecule has 7 rings (SSSR count). The van der Waals surface area contributed by atoms with E-state index in [1.54, 1.807) is 7.05 Å². The van der Waals surface area contributed by atoms with Crippen LogP contribution in [0, 0.1) is 17.3 Å². The van der Waals surface area contributed by atoms with Gasteiger partial charge in [0.15, 0.2) is 5.79 Å². The third-order valence-electron chi connectivity index (χ3n) is 11.8. The Bertz CT molecular complexity index is 1250. The van der Waals surface area contributed by atoms with E-state index in [0.29, 0.717) is 37.0 Å². The van der Waals surface area contributed by atoms with Gasteiger partial charge in [-0.05, 0) is 85.6 Å². The topological polar surface area (TPSA) is 77.5 Å². The summed E-state index contributed by atoms with van der Waals surface area (Å²) in [5.41, 5.74) is 4.53. The minimum absolute atomic E-state index is 0.0340. The summed E-state index contributed by atoms with van der Waals surface area (Å²) in [4.78, 5) is 17.9. The number of ether oxygens (including phenoxy) is 3. The number of hydrogen-bond donors (Lipinski definition) is 1. The molecule has 1 N–H and O–H groups in total. The van der Waals surface area contributed by atoms with Crippen molar-refractivity contribution in [2.75, 3.05) is 34.0 Å². The minimum atomic E-state index is -0.902. The van der Waals surface area contributed by atoms with Crippen molar-refractivity contribution < 1.29 is 28.9 Å². The van der Waals surface area contributed by atoms with Crippen LogP contribution >= 0.6 is 0 Å². The molecule has 0 bridgehead atoms. The lowest BCUT2D eigenvalue weighted by atomic mass is 9.49. The summed E-state index contributed by atoms with van der Waals surface area (Å²) in [5, 5.41) is 13.5. The highest BCUT2D eigenvalue weighted by molar-refractivity contribution is 5.93. The third kappa shape index (κ3) is 3.64. The summed E-state index contributed by atoms with van der Waals surface area (Å²) in [6, 6.07) is 8.07. The molecule has 2 heterocycles. The van der Waals surface area contributed by atoms with Crippen LogP contribution in [0.5, 0.6) is 0 Å². The van der Waals surface area contributed by atoms with E-state index in [-0.39, 0.29) is 22.8 Å². The standard InChI is InChI=1S/C33H43NO6/c1-21-12-16-40-33(21)15-11-26-24-9-13-31(36)20-32(38-17-18-39-32)14-10-27(31)28(24)25(19-30(26,33)2)22-5-7-23(8-6-22)29(35)34(3)37-4/h5-8,24-26,36H,1,9-20H2,2-4H3/t24-,25?,26-,30-,31+,33+/m0/s1. The number of carbonyl (C=O) groups excluding carboxylic acids is 1. The first kappa shape index (κ1) is 26.8. The summed E-state index contributed by atoms with van der Waals surface area (Å²) in [5.74, 6) is 0.222. The SMILES string of the molecule is C=C1CCO[C@]12CC[C@H]1[C@@H]3CC[C@@]4(O)CC5(CCC4=C3C(c3ccc(C(=O)N(C)OC)cc3)C[C@@]12C)OCCO5. The van der Waals surface area contributed by atoms with Crippen molar-refractivity contribution in [1.82, 2.24) is 5.06 Å². The number of carbonyl (C=O) groups is 1. The van der Waals surface area contributed by atoms with Crippen molar-refractivity contribution in [3.8, 4) is 0 Å². The van der Waals surface area contributed by atoms with Gasteiger partial charge < -0.3 is 19.3 Å². The maximum atomic E-state index is 12.8. The first-order chi connectivity index (χ1) is 19.2. The highest BCUT2D eigenvalue weighted by Gasteiger charge is 2.67. The maximum absolute atomic E-state index is 12.8.